The second-order valence-corrected chi connectivity index (χ2v) is 13.2. The summed E-state index contributed by atoms with van der Waals surface area (Å²) in [6.07, 6.45) is -3.22. The van der Waals surface area contributed by atoms with Gasteiger partial charge in [0, 0.05) is 61.3 Å². The summed E-state index contributed by atoms with van der Waals surface area (Å²) in [6.45, 7) is 4.10. The lowest BCUT2D eigenvalue weighted by Crippen LogP contribution is -2.49. The number of carbonyl (C=O) groups is 1. The molecule has 2 aliphatic heterocycles. The molecule has 2 aliphatic rings. The number of amides is 1. The van der Waals surface area contributed by atoms with Crippen molar-refractivity contribution < 1.29 is 26.4 Å². The molecule has 0 N–H and O–H groups in total. The van der Waals surface area contributed by atoms with Crippen molar-refractivity contribution in [3.8, 4) is 0 Å². The summed E-state index contributed by atoms with van der Waals surface area (Å²) in [5.74, 6) is -0.153. The van der Waals surface area contributed by atoms with E-state index in [4.69, 9.17) is 11.6 Å². The molecule has 3 heterocycles. The highest BCUT2D eigenvalue weighted by Crippen LogP contribution is 2.34. The number of nitrogens with zero attached hydrogens (tertiary/aromatic N) is 4. The molecule has 1 aromatic heterocycles. The predicted octanol–water partition coefficient (Wildman–Crippen LogP) is 5.65. The summed E-state index contributed by atoms with van der Waals surface area (Å²) in [6, 6.07) is 9.97. The Balaban J connectivity index is 1.17. The van der Waals surface area contributed by atoms with Crippen molar-refractivity contribution in [1.82, 2.24) is 14.2 Å². The number of carbonyl (C=O) groups excluding carboxylic acids is 1. The molecule has 0 bridgehead atoms. The fraction of sp³-hybridized carbons (Fsp3) is 0.407. The monoisotopic (exact) mass is 612 g/mol. The van der Waals surface area contributed by atoms with Crippen LogP contribution in [-0.2, 0) is 16.2 Å². The number of rotatable bonds is 5. The van der Waals surface area contributed by atoms with Crippen molar-refractivity contribution in [1.29, 1.82) is 0 Å². The van der Waals surface area contributed by atoms with Crippen LogP contribution < -0.4 is 4.90 Å². The molecule has 214 valence electrons. The van der Waals surface area contributed by atoms with E-state index in [-0.39, 0.29) is 16.7 Å². The van der Waals surface area contributed by atoms with Gasteiger partial charge in [0.1, 0.15) is 5.69 Å². The van der Waals surface area contributed by atoms with Crippen molar-refractivity contribution in [2.75, 3.05) is 44.2 Å². The highest BCUT2D eigenvalue weighted by atomic mass is 35.5. The van der Waals surface area contributed by atoms with Crippen molar-refractivity contribution in [3.05, 3.63) is 74.7 Å². The van der Waals surface area contributed by atoms with Crippen LogP contribution in [0.15, 0.2) is 52.7 Å². The van der Waals surface area contributed by atoms with E-state index in [1.807, 2.05) is 11.8 Å². The Bertz CT molecular complexity index is 1500. The minimum atomic E-state index is -4.41. The van der Waals surface area contributed by atoms with Gasteiger partial charge in [0.05, 0.1) is 15.5 Å². The molecule has 0 radical (unpaired) electrons. The first-order valence-corrected chi connectivity index (χ1v) is 15.6. The molecule has 3 aromatic rings. The van der Waals surface area contributed by atoms with Gasteiger partial charge in [0.2, 0.25) is 10.0 Å². The van der Waals surface area contributed by atoms with E-state index in [2.05, 4.69) is 4.98 Å². The van der Waals surface area contributed by atoms with E-state index in [9.17, 15) is 26.4 Å². The maximum absolute atomic E-state index is 13.1. The van der Waals surface area contributed by atoms with Gasteiger partial charge in [0.15, 0.2) is 0 Å². The molecule has 0 saturated carbocycles. The number of hydrogen-bond acceptors (Lipinski definition) is 6. The molecule has 0 spiro atoms. The summed E-state index contributed by atoms with van der Waals surface area (Å²) in [4.78, 5) is 21.4. The highest BCUT2D eigenvalue weighted by molar-refractivity contribution is 7.89. The van der Waals surface area contributed by atoms with Crippen molar-refractivity contribution in [2.45, 2.75) is 36.8 Å². The number of piperazine rings is 1. The minimum Gasteiger partial charge on any atom is -0.368 e. The topological polar surface area (TPSA) is 73.8 Å². The Morgan fingerprint density at radius 1 is 1.02 bits per heavy atom. The van der Waals surface area contributed by atoms with Gasteiger partial charge >= 0.3 is 6.18 Å². The molecule has 0 unspecified atom stereocenters. The first-order chi connectivity index (χ1) is 18.9. The van der Waals surface area contributed by atoms with E-state index in [0.717, 1.165) is 22.7 Å². The third kappa shape index (κ3) is 6.00. The Kier molecular flexibility index (Phi) is 8.15. The van der Waals surface area contributed by atoms with Crippen LogP contribution in [0, 0.1) is 6.92 Å². The van der Waals surface area contributed by atoms with Gasteiger partial charge in [-0.3, -0.25) is 4.79 Å². The number of hydrogen-bond donors (Lipinski definition) is 0. The zero-order chi connectivity index (χ0) is 28.7. The number of sulfonamides is 1. The van der Waals surface area contributed by atoms with Crippen LogP contribution in [0.2, 0.25) is 5.02 Å². The quantitative estimate of drug-likeness (QED) is 0.372. The summed E-state index contributed by atoms with van der Waals surface area (Å²) < 4.78 is 66.9. The molecule has 40 heavy (non-hydrogen) atoms. The van der Waals surface area contributed by atoms with Crippen LogP contribution in [0.1, 0.15) is 45.4 Å². The SMILES string of the molecule is Cc1ccc(S(=O)(=O)N2CCC(c3nc(C(=O)N4CCN(c5cccc(C(F)(F)F)c5)CC4)cs3)CC2)cc1Cl. The van der Waals surface area contributed by atoms with Crippen LogP contribution in [-0.4, -0.2) is 67.8 Å². The fourth-order valence-electron chi connectivity index (χ4n) is 5.01. The van der Waals surface area contributed by atoms with Crippen molar-refractivity contribution in [3.63, 3.8) is 0 Å². The van der Waals surface area contributed by atoms with Crippen LogP contribution >= 0.6 is 22.9 Å². The van der Waals surface area contributed by atoms with E-state index in [0.29, 0.717) is 68.5 Å². The lowest BCUT2D eigenvalue weighted by Gasteiger charge is -2.36. The lowest BCUT2D eigenvalue weighted by atomic mass is 9.99. The van der Waals surface area contributed by atoms with Gasteiger partial charge in [-0.2, -0.15) is 17.5 Å². The number of thiazole rings is 1. The molecule has 2 saturated heterocycles. The molecule has 7 nitrogen and oxygen atoms in total. The number of halogens is 4. The van der Waals surface area contributed by atoms with E-state index in [1.165, 1.54) is 27.8 Å². The van der Waals surface area contributed by atoms with E-state index in [1.54, 1.807) is 28.5 Å². The van der Waals surface area contributed by atoms with Crippen LogP contribution in [0.3, 0.4) is 0 Å². The molecule has 0 atom stereocenters. The second kappa shape index (κ2) is 11.3. The van der Waals surface area contributed by atoms with Crippen molar-refractivity contribution in [2.24, 2.45) is 0 Å². The number of benzene rings is 2. The average Bonchev–Trinajstić information content (AvgIpc) is 3.44. The zero-order valence-electron chi connectivity index (χ0n) is 21.7. The third-order valence-corrected chi connectivity index (χ3v) is 10.7. The van der Waals surface area contributed by atoms with Gasteiger partial charge < -0.3 is 9.80 Å². The average molecular weight is 613 g/mol. The van der Waals surface area contributed by atoms with Gasteiger partial charge in [-0.25, -0.2) is 13.4 Å². The summed E-state index contributed by atoms with van der Waals surface area (Å²) >= 11 is 7.54. The summed E-state index contributed by atoms with van der Waals surface area (Å²) in [7, 11) is -3.65. The molecule has 2 fully saturated rings. The number of alkyl halides is 3. The smallest absolute Gasteiger partial charge is 0.368 e. The Labute approximate surface area is 240 Å². The Morgan fingerprint density at radius 2 is 1.73 bits per heavy atom. The third-order valence-electron chi connectivity index (χ3n) is 7.43. The number of aromatic nitrogens is 1. The molecule has 1 amide bonds. The van der Waals surface area contributed by atoms with E-state index < -0.39 is 21.8 Å². The normalized spacial score (nSPS) is 17.8. The largest absolute Gasteiger partial charge is 0.416 e. The molecule has 2 aromatic carbocycles. The number of piperidine rings is 1. The van der Waals surface area contributed by atoms with Crippen LogP contribution in [0.4, 0.5) is 18.9 Å². The van der Waals surface area contributed by atoms with Gasteiger partial charge in [0.25, 0.3) is 5.91 Å². The van der Waals surface area contributed by atoms with Gasteiger partial charge in [-0.15, -0.1) is 11.3 Å². The molecule has 0 aliphatic carbocycles. The van der Waals surface area contributed by atoms with Gasteiger partial charge in [-0.1, -0.05) is 23.7 Å². The molecule has 5 rings (SSSR count). The molecular weight excluding hydrogens is 585 g/mol. The molecule has 13 heteroatoms. The lowest BCUT2D eigenvalue weighted by molar-refractivity contribution is -0.137. The van der Waals surface area contributed by atoms with Gasteiger partial charge in [-0.05, 0) is 55.7 Å². The first kappa shape index (κ1) is 28.8. The number of aryl methyl sites for hydroxylation is 1. The maximum atomic E-state index is 13.1. The second-order valence-electron chi connectivity index (χ2n) is 9.99. The maximum Gasteiger partial charge on any atom is 0.416 e. The van der Waals surface area contributed by atoms with E-state index >= 15 is 0 Å². The van der Waals surface area contributed by atoms with Crippen LogP contribution in [0.25, 0.3) is 0 Å². The van der Waals surface area contributed by atoms with Crippen LogP contribution in [0.5, 0.6) is 0 Å². The first-order valence-electron chi connectivity index (χ1n) is 12.9. The zero-order valence-corrected chi connectivity index (χ0v) is 24.1. The summed E-state index contributed by atoms with van der Waals surface area (Å²) in [5, 5.41) is 2.95. The Hall–Kier alpha value is -2.67. The standard InChI is InChI=1S/C27H28ClF3N4O3S2/c1-18-5-6-22(16-23(18)28)40(37,38)35-9-7-19(8-10-35)25-32-24(17-39-25)26(36)34-13-11-33(12-14-34)21-4-2-3-20(15-21)27(29,30)31/h2-6,15-17,19H,7-14H2,1H3. The number of anilines is 1. The fourth-order valence-corrected chi connectivity index (χ4v) is 7.72. The minimum absolute atomic E-state index is 0.0531. The Morgan fingerprint density at radius 3 is 2.38 bits per heavy atom. The van der Waals surface area contributed by atoms with Crippen molar-refractivity contribution >= 4 is 44.6 Å². The molecular formula is C27H28ClF3N4O3S2. The predicted molar refractivity (Wildman–Crippen MR) is 149 cm³/mol. The highest BCUT2D eigenvalue weighted by Gasteiger charge is 2.33. The summed E-state index contributed by atoms with van der Waals surface area (Å²) in [5.41, 5.74) is 0.945.